The van der Waals surface area contributed by atoms with Gasteiger partial charge in [0.1, 0.15) is 0 Å². The molecule has 0 bridgehead atoms. The number of hydrogen-bond donors (Lipinski definition) is 0. The fourth-order valence-corrected chi connectivity index (χ4v) is 5.98. The highest BCUT2D eigenvalue weighted by Gasteiger charge is 2.34. The highest BCUT2D eigenvalue weighted by Crippen LogP contribution is 2.46. The zero-order valence-electron chi connectivity index (χ0n) is 21.5. The van der Waals surface area contributed by atoms with Gasteiger partial charge in [-0.1, -0.05) is 102 Å². The zero-order valence-corrected chi connectivity index (χ0v) is 21.5. The summed E-state index contributed by atoms with van der Waals surface area (Å²) < 4.78 is 0. The van der Waals surface area contributed by atoms with E-state index in [2.05, 4.69) is 96.6 Å². The summed E-state index contributed by atoms with van der Waals surface area (Å²) in [5, 5.41) is 0. The monoisotopic (exact) mass is 378 g/mol. The van der Waals surface area contributed by atoms with Crippen LogP contribution in [0.2, 0.25) is 0 Å². The van der Waals surface area contributed by atoms with Gasteiger partial charge in [0.15, 0.2) is 0 Å². The highest BCUT2D eigenvalue weighted by atomic mass is 14.4. The van der Waals surface area contributed by atoms with Crippen molar-refractivity contribution in [3.8, 4) is 0 Å². The van der Waals surface area contributed by atoms with E-state index in [0.717, 1.165) is 5.92 Å². The molecule has 0 fully saturated rings. The van der Waals surface area contributed by atoms with Crippen molar-refractivity contribution >= 4 is 0 Å². The van der Waals surface area contributed by atoms with Crippen LogP contribution in [0.3, 0.4) is 0 Å². The number of allylic oxidation sites excluding steroid dienone is 1. The molecule has 27 heavy (non-hydrogen) atoms. The summed E-state index contributed by atoms with van der Waals surface area (Å²) in [6, 6.07) is 0. The number of hydrogen-bond acceptors (Lipinski definition) is 0. The van der Waals surface area contributed by atoms with E-state index >= 15 is 0 Å². The summed E-state index contributed by atoms with van der Waals surface area (Å²) in [5.74, 6) is 0.789. The predicted octanol–water partition coefficient (Wildman–Crippen LogP) is 9.69. The summed E-state index contributed by atoms with van der Waals surface area (Å²) in [7, 11) is 0. The fourth-order valence-electron chi connectivity index (χ4n) is 5.98. The van der Waals surface area contributed by atoms with Gasteiger partial charge in [0, 0.05) is 0 Å². The maximum absolute atomic E-state index is 4.21. The minimum absolute atomic E-state index is 0.239. The standard InChI is InChI=1S/C27H54/c1-21(2)27(13,14)20-24(7,8)16-15-22(3)17-25(9,10)19-26(11,12)18-23(4,5)6/h22H,1,15-20H2,2-14H3/t22-/m0/s1. The van der Waals surface area contributed by atoms with Crippen molar-refractivity contribution in [1.29, 1.82) is 0 Å². The first-order valence-corrected chi connectivity index (χ1v) is 11.3. The molecule has 0 radical (unpaired) electrons. The Kier molecular flexibility index (Phi) is 8.96. The molecule has 0 unspecified atom stereocenters. The molecule has 0 spiro atoms. The van der Waals surface area contributed by atoms with Crippen LogP contribution in [-0.2, 0) is 0 Å². The van der Waals surface area contributed by atoms with Gasteiger partial charge in [0.05, 0.1) is 0 Å². The molecule has 0 saturated heterocycles. The van der Waals surface area contributed by atoms with E-state index in [0.29, 0.717) is 21.7 Å². The SMILES string of the molecule is C=C(C)C(C)(C)CC(C)(C)CC[C@H](C)CC(C)(C)CC(C)(C)CC(C)(C)C. The maximum atomic E-state index is 4.21. The van der Waals surface area contributed by atoms with E-state index in [-0.39, 0.29) is 5.41 Å². The molecule has 162 valence electrons. The Morgan fingerprint density at radius 3 is 1.59 bits per heavy atom. The van der Waals surface area contributed by atoms with Crippen molar-refractivity contribution in [2.45, 2.75) is 129 Å². The molecule has 0 N–H and O–H groups in total. The smallest absolute Gasteiger partial charge is 0.0145 e. The van der Waals surface area contributed by atoms with Crippen LogP contribution in [0, 0.1) is 33.0 Å². The van der Waals surface area contributed by atoms with Crippen molar-refractivity contribution < 1.29 is 0 Å². The van der Waals surface area contributed by atoms with Crippen molar-refractivity contribution in [3.05, 3.63) is 12.2 Å². The summed E-state index contributed by atoms with van der Waals surface area (Å²) in [4.78, 5) is 0. The van der Waals surface area contributed by atoms with E-state index in [9.17, 15) is 0 Å². The van der Waals surface area contributed by atoms with Crippen molar-refractivity contribution in [1.82, 2.24) is 0 Å². The van der Waals surface area contributed by atoms with E-state index in [1.807, 2.05) is 0 Å². The van der Waals surface area contributed by atoms with Gasteiger partial charge in [0.25, 0.3) is 0 Å². The molecule has 0 aliphatic carbocycles. The lowest BCUT2D eigenvalue weighted by molar-refractivity contribution is 0.110. The van der Waals surface area contributed by atoms with Crippen LogP contribution in [0.5, 0.6) is 0 Å². The van der Waals surface area contributed by atoms with Crippen LogP contribution in [0.25, 0.3) is 0 Å². The summed E-state index contributed by atoms with van der Waals surface area (Å²) in [6.45, 7) is 35.5. The van der Waals surface area contributed by atoms with Crippen LogP contribution in [-0.4, -0.2) is 0 Å². The Morgan fingerprint density at radius 1 is 0.704 bits per heavy atom. The third kappa shape index (κ3) is 12.0. The molecule has 0 aliphatic heterocycles. The predicted molar refractivity (Wildman–Crippen MR) is 126 cm³/mol. The zero-order chi connectivity index (χ0) is 21.9. The quantitative estimate of drug-likeness (QED) is 0.314. The molecular formula is C27H54. The molecule has 0 nitrogen and oxygen atoms in total. The molecular weight excluding hydrogens is 324 g/mol. The van der Waals surface area contributed by atoms with Crippen molar-refractivity contribution in [3.63, 3.8) is 0 Å². The van der Waals surface area contributed by atoms with Crippen molar-refractivity contribution in [2.75, 3.05) is 0 Å². The van der Waals surface area contributed by atoms with Crippen LogP contribution in [0.15, 0.2) is 12.2 Å². The van der Waals surface area contributed by atoms with Crippen LogP contribution in [0.1, 0.15) is 129 Å². The molecule has 0 aliphatic rings. The van der Waals surface area contributed by atoms with E-state index in [1.54, 1.807) is 0 Å². The lowest BCUT2D eigenvalue weighted by Gasteiger charge is -2.40. The Morgan fingerprint density at radius 2 is 1.19 bits per heavy atom. The van der Waals surface area contributed by atoms with Gasteiger partial charge in [-0.15, -0.1) is 0 Å². The van der Waals surface area contributed by atoms with Gasteiger partial charge in [-0.3, -0.25) is 0 Å². The van der Waals surface area contributed by atoms with E-state index in [1.165, 1.54) is 44.1 Å². The first kappa shape index (κ1) is 26.7. The second kappa shape index (κ2) is 9.04. The Bertz CT molecular complexity index is 465. The van der Waals surface area contributed by atoms with Crippen LogP contribution in [0.4, 0.5) is 0 Å². The largest absolute Gasteiger partial charge is 0.0996 e. The van der Waals surface area contributed by atoms with Gasteiger partial charge >= 0.3 is 0 Å². The Balaban J connectivity index is 4.71. The summed E-state index contributed by atoms with van der Waals surface area (Å²) in [5.41, 5.74) is 3.16. The second-order valence-corrected chi connectivity index (χ2v) is 14.1. The first-order chi connectivity index (χ1) is 11.7. The highest BCUT2D eigenvalue weighted by molar-refractivity contribution is 5.04. The van der Waals surface area contributed by atoms with Gasteiger partial charge in [-0.2, -0.15) is 0 Å². The van der Waals surface area contributed by atoms with Crippen LogP contribution >= 0.6 is 0 Å². The molecule has 0 aromatic carbocycles. The molecule has 0 aromatic rings. The second-order valence-electron chi connectivity index (χ2n) is 14.1. The molecule has 1 atom stereocenters. The van der Waals surface area contributed by atoms with Gasteiger partial charge in [-0.05, 0) is 72.0 Å². The van der Waals surface area contributed by atoms with Crippen LogP contribution < -0.4 is 0 Å². The Labute approximate surface area is 174 Å². The Hall–Kier alpha value is -0.260. The third-order valence-electron chi connectivity index (χ3n) is 6.26. The molecule has 0 aromatic heterocycles. The van der Waals surface area contributed by atoms with E-state index < -0.39 is 0 Å². The minimum Gasteiger partial charge on any atom is -0.0996 e. The lowest BCUT2D eigenvalue weighted by atomic mass is 9.65. The molecule has 0 amide bonds. The number of rotatable bonds is 11. The van der Waals surface area contributed by atoms with Gasteiger partial charge in [-0.25, -0.2) is 0 Å². The summed E-state index contributed by atoms with van der Waals surface area (Å²) >= 11 is 0. The lowest BCUT2D eigenvalue weighted by Crippen LogP contribution is -2.29. The average Bonchev–Trinajstić information content (AvgIpc) is 2.29. The normalized spacial score (nSPS) is 15.7. The average molecular weight is 379 g/mol. The van der Waals surface area contributed by atoms with Gasteiger partial charge in [0.2, 0.25) is 0 Å². The molecule has 0 heterocycles. The topological polar surface area (TPSA) is 0 Å². The minimum atomic E-state index is 0.239. The maximum Gasteiger partial charge on any atom is -0.0145 e. The molecule has 0 heteroatoms. The summed E-state index contributed by atoms with van der Waals surface area (Å²) in [6.07, 6.45) is 7.81. The van der Waals surface area contributed by atoms with E-state index in [4.69, 9.17) is 0 Å². The van der Waals surface area contributed by atoms with Crippen molar-refractivity contribution in [2.24, 2.45) is 33.0 Å². The fraction of sp³-hybridized carbons (Fsp3) is 0.926. The molecule has 0 saturated carbocycles. The first-order valence-electron chi connectivity index (χ1n) is 11.3. The third-order valence-corrected chi connectivity index (χ3v) is 6.26. The van der Waals surface area contributed by atoms with Gasteiger partial charge < -0.3 is 0 Å². The molecule has 0 rings (SSSR count).